The summed E-state index contributed by atoms with van der Waals surface area (Å²) in [5, 5.41) is 0. The summed E-state index contributed by atoms with van der Waals surface area (Å²) in [7, 11) is 1.70. The van der Waals surface area contributed by atoms with Gasteiger partial charge < -0.3 is 19.9 Å². The van der Waals surface area contributed by atoms with Crippen LogP contribution in [0.2, 0.25) is 0 Å². The van der Waals surface area contributed by atoms with Crippen LogP contribution in [0, 0.1) is 0 Å². The first-order valence-electron chi connectivity index (χ1n) is 5.95. The fourth-order valence-electron chi connectivity index (χ4n) is 2.01. The summed E-state index contributed by atoms with van der Waals surface area (Å²) in [5.74, 6) is 1.66. The van der Waals surface area contributed by atoms with Crippen LogP contribution in [-0.4, -0.2) is 20.4 Å². The van der Waals surface area contributed by atoms with Gasteiger partial charge in [0.15, 0.2) is 11.5 Å². The molecule has 0 saturated carbocycles. The maximum Gasteiger partial charge on any atom is 0.231 e. The molecule has 0 amide bonds. The van der Waals surface area contributed by atoms with Crippen molar-refractivity contribution in [2.45, 2.75) is 25.9 Å². The molecule has 0 saturated heterocycles. The molecule has 0 unspecified atom stereocenters. The molecule has 1 aromatic rings. The standard InChI is InChI=1S/C13H19NO3/c1-15-8-11-7-13-12(16-9-17-13)6-10(11)4-2-3-5-14/h6-7H,2-5,8-9,14H2,1H3. The van der Waals surface area contributed by atoms with Crippen molar-refractivity contribution >= 4 is 0 Å². The lowest BCUT2D eigenvalue weighted by Gasteiger charge is -2.10. The number of methoxy groups -OCH3 is 1. The van der Waals surface area contributed by atoms with Crippen LogP contribution >= 0.6 is 0 Å². The molecule has 1 aliphatic heterocycles. The van der Waals surface area contributed by atoms with E-state index in [0.717, 1.165) is 37.3 Å². The lowest BCUT2D eigenvalue weighted by molar-refractivity contribution is 0.173. The van der Waals surface area contributed by atoms with Gasteiger partial charge in [0.1, 0.15) is 0 Å². The van der Waals surface area contributed by atoms with Gasteiger partial charge in [0, 0.05) is 7.11 Å². The van der Waals surface area contributed by atoms with Crippen molar-refractivity contribution in [2.75, 3.05) is 20.4 Å². The van der Waals surface area contributed by atoms with Crippen LogP contribution in [0.4, 0.5) is 0 Å². The van der Waals surface area contributed by atoms with E-state index in [1.807, 2.05) is 6.07 Å². The zero-order valence-corrected chi connectivity index (χ0v) is 10.2. The molecule has 0 aliphatic carbocycles. The van der Waals surface area contributed by atoms with Gasteiger partial charge in [0.25, 0.3) is 0 Å². The van der Waals surface area contributed by atoms with Crippen molar-refractivity contribution in [1.29, 1.82) is 0 Å². The van der Waals surface area contributed by atoms with Crippen LogP contribution in [0.5, 0.6) is 11.5 Å². The number of rotatable bonds is 6. The van der Waals surface area contributed by atoms with Crippen molar-refractivity contribution in [3.8, 4) is 11.5 Å². The lowest BCUT2D eigenvalue weighted by Crippen LogP contribution is -2.01. The normalized spacial score (nSPS) is 13.1. The predicted molar refractivity (Wildman–Crippen MR) is 65.3 cm³/mol. The van der Waals surface area contributed by atoms with Crippen molar-refractivity contribution in [3.63, 3.8) is 0 Å². The molecule has 1 aliphatic rings. The third-order valence-electron chi connectivity index (χ3n) is 2.89. The van der Waals surface area contributed by atoms with E-state index in [0.29, 0.717) is 13.4 Å². The molecule has 0 aromatic heterocycles. The number of aryl methyl sites for hydroxylation is 1. The SMILES string of the molecule is COCc1cc2c(cc1CCCCN)OCO2. The number of hydrogen-bond acceptors (Lipinski definition) is 4. The van der Waals surface area contributed by atoms with Crippen LogP contribution in [-0.2, 0) is 17.8 Å². The van der Waals surface area contributed by atoms with Gasteiger partial charge in [-0.2, -0.15) is 0 Å². The lowest BCUT2D eigenvalue weighted by atomic mass is 10.0. The van der Waals surface area contributed by atoms with Crippen LogP contribution in [0.3, 0.4) is 0 Å². The first-order valence-corrected chi connectivity index (χ1v) is 5.95. The monoisotopic (exact) mass is 237 g/mol. The van der Waals surface area contributed by atoms with Gasteiger partial charge >= 0.3 is 0 Å². The minimum atomic E-state index is 0.314. The minimum Gasteiger partial charge on any atom is -0.454 e. The number of unbranched alkanes of at least 4 members (excludes halogenated alkanes) is 1. The Morgan fingerprint density at radius 1 is 1.18 bits per heavy atom. The summed E-state index contributed by atoms with van der Waals surface area (Å²) < 4.78 is 16.0. The summed E-state index contributed by atoms with van der Waals surface area (Å²) >= 11 is 0. The van der Waals surface area contributed by atoms with E-state index in [9.17, 15) is 0 Å². The van der Waals surface area contributed by atoms with Gasteiger partial charge in [-0.3, -0.25) is 0 Å². The topological polar surface area (TPSA) is 53.7 Å². The summed E-state index contributed by atoms with van der Waals surface area (Å²) in [6.45, 7) is 1.66. The zero-order valence-electron chi connectivity index (χ0n) is 10.2. The van der Waals surface area contributed by atoms with Crippen molar-refractivity contribution in [2.24, 2.45) is 5.73 Å². The Kier molecular flexibility index (Phi) is 4.23. The zero-order chi connectivity index (χ0) is 12.1. The molecule has 4 nitrogen and oxygen atoms in total. The van der Waals surface area contributed by atoms with Crippen LogP contribution in [0.15, 0.2) is 12.1 Å². The van der Waals surface area contributed by atoms with Gasteiger partial charge in [-0.25, -0.2) is 0 Å². The quantitative estimate of drug-likeness (QED) is 0.767. The third-order valence-corrected chi connectivity index (χ3v) is 2.89. The molecule has 4 heteroatoms. The maximum absolute atomic E-state index is 5.51. The average Bonchev–Trinajstić information content (AvgIpc) is 2.77. The molecule has 1 heterocycles. The number of ether oxygens (including phenoxy) is 3. The first-order chi connectivity index (χ1) is 8.35. The highest BCUT2D eigenvalue weighted by atomic mass is 16.7. The molecular formula is C13H19NO3. The maximum atomic E-state index is 5.51. The Labute approximate surface area is 102 Å². The second-order valence-electron chi connectivity index (χ2n) is 4.15. The number of benzene rings is 1. The molecule has 2 N–H and O–H groups in total. The van der Waals surface area contributed by atoms with Crippen LogP contribution < -0.4 is 15.2 Å². The summed E-state index contributed by atoms with van der Waals surface area (Å²) in [6, 6.07) is 4.08. The number of nitrogens with two attached hydrogens (primary N) is 1. The highest BCUT2D eigenvalue weighted by molar-refractivity contribution is 5.48. The largest absolute Gasteiger partial charge is 0.454 e. The second kappa shape index (κ2) is 5.89. The molecular weight excluding hydrogens is 218 g/mol. The molecule has 0 radical (unpaired) electrons. The van der Waals surface area contributed by atoms with E-state index < -0.39 is 0 Å². The van der Waals surface area contributed by atoms with E-state index >= 15 is 0 Å². The van der Waals surface area contributed by atoms with Gasteiger partial charge in [0.05, 0.1) is 6.61 Å². The van der Waals surface area contributed by atoms with Gasteiger partial charge in [-0.15, -0.1) is 0 Å². The molecule has 1 aromatic carbocycles. The Morgan fingerprint density at radius 3 is 2.53 bits per heavy atom. The smallest absolute Gasteiger partial charge is 0.231 e. The van der Waals surface area contributed by atoms with Crippen LogP contribution in [0.1, 0.15) is 24.0 Å². The highest BCUT2D eigenvalue weighted by Crippen LogP contribution is 2.35. The van der Waals surface area contributed by atoms with E-state index in [1.54, 1.807) is 7.11 Å². The summed E-state index contributed by atoms with van der Waals surface area (Å²) in [6.07, 6.45) is 3.14. The van der Waals surface area contributed by atoms with E-state index in [1.165, 1.54) is 11.1 Å². The second-order valence-corrected chi connectivity index (χ2v) is 4.15. The molecule has 2 rings (SSSR count). The fourth-order valence-corrected chi connectivity index (χ4v) is 2.01. The van der Waals surface area contributed by atoms with Crippen molar-refractivity contribution < 1.29 is 14.2 Å². The fraction of sp³-hybridized carbons (Fsp3) is 0.538. The van der Waals surface area contributed by atoms with Crippen LogP contribution in [0.25, 0.3) is 0 Å². The molecule has 17 heavy (non-hydrogen) atoms. The third kappa shape index (κ3) is 2.90. The van der Waals surface area contributed by atoms with E-state index in [4.69, 9.17) is 19.9 Å². The molecule has 0 fully saturated rings. The average molecular weight is 237 g/mol. The Bertz CT molecular complexity index is 379. The van der Waals surface area contributed by atoms with Crippen molar-refractivity contribution in [1.82, 2.24) is 0 Å². The Morgan fingerprint density at radius 2 is 1.88 bits per heavy atom. The number of fused-ring (bicyclic) bond motifs is 1. The van der Waals surface area contributed by atoms with Gasteiger partial charge in [0.2, 0.25) is 6.79 Å². The Hall–Kier alpha value is -1.26. The highest BCUT2D eigenvalue weighted by Gasteiger charge is 2.16. The van der Waals surface area contributed by atoms with Crippen molar-refractivity contribution in [3.05, 3.63) is 23.3 Å². The molecule has 94 valence electrons. The van der Waals surface area contributed by atoms with Gasteiger partial charge in [-0.1, -0.05) is 0 Å². The van der Waals surface area contributed by atoms with E-state index in [-0.39, 0.29) is 0 Å². The number of hydrogen-bond donors (Lipinski definition) is 1. The molecule has 0 bridgehead atoms. The van der Waals surface area contributed by atoms with Gasteiger partial charge in [-0.05, 0) is 49.1 Å². The first kappa shape index (κ1) is 12.2. The molecule has 0 spiro atoms. The predicted octanol–water partition coefficient (Wildman–Crippen LogP) is 1.84. The molecule has 0 atom stereocenters. The minimum absolute atomic E-state index is 0.314. The Balaban J connectivity index is 2.15. The van der Waals surface area contributed by atoms with E-state index in [2.05, 4.69) is 6.07 Å². The summed E-state index contributed by atoms with van der Waals surface area (Å²) in [5.41, 5.74) is 7.95. The summed E-state index contributed by atoms with van der Waals surface area (Å²) in [4.78, 5) is 0.